The van der Waals surface area contributed by atoms with Crippen molar-refractivity contribution in [3.63, 3.8) is 0 Å². The number of thioether (sulfide) groups is 1. The Bertz CT molecular complexity index is 537. The van der Waals surface area contributed by atoms with Crippen LogP contribution in [0.15, 0.2) is 0 Å². The number of rotatable bonds is 13. The predicted octanol–water partition coefficient (Wildman–Crippen LogP) is 6.04. The number of Topliss-reactive ketones (excluding diaryl/α,β-unsaturated/α-hetero) is 1. The van der Waals surface area contributed by atoms with E-state index in [9.17, 15) is 22.8 Å². The Morgan fingerprint density at radius 1 is 0.658 bits per heavy atom. The maximum atomic E-state index is 10.4. The summed E-state index contributed by atoms with van der Waals surface area (Å²) in [5, 5.41) is 2.66. The molecule has 11 heteroatoms. The summed E-state index contributed by atoms with van der Waals surface area (Å²) in [7, 11) is -3.17. The third kappa shape index (κ3) is 70.2. The monoisotopic (exact) mass is 591 g/mol. The number of ether oxygens (including phenoxy) is 2. The van der Waals surface area contributed by atoms with Gasteiger partial charge in [0.05, 0.1) is 19.0 Å². The molecule has 9 nitrogen and oxygen atoms in total. The Kier molecular flexibility index (Phi) is 59.9. The van der Waals surface area contributed by atoms with E-state index in [1.54, 1.807) is 27.7 Å². The normalized spacial score (nSPS) is 9.05. The third-order valence-electron chi connectivity index (χ3n) is 3.55. The zero-order valence-corrected chi connectivity index (χ0v) is 28.2. The smallest absolute Gasteiger partial charge is 0.305 e. The van der Waals surface area contributed by atoms with Crippen molar-refractivity contribution in [2.75, 3.05) is 50.2 Å². The zero-order chi connectivity index (χ0) is 31.3. The molecule has 0 atom stereocenters. The summed E-state index contributed by atoms with van der Waals surface area (Å²) >= 11 is 1.96. The molecular weight excluding hydrogens is 530 g/mol. The first kappa shape index (κ1) is 49.7. The quantitative estimate of drug-likeness (QED) is 0.201. The number of hydrogen-bond donors (Lipinski definition) is 1. The van der Waals surface area contributed by atoms with Gasteiger partial charge in [0.25, 0.3) is 10.1 Å². The first-order valence-electron chi connectivity index (χ1n) is 13.8. The minimum absolute atomic E-state index is 0.0564. The Labute approximate surface area is 240 Å². The minimum atomic E-state index is -3.17. The second kappa shape index (κ2) is 45.7. The average Bonchev–Trinajstić information content (AvgIpc) is 2.91. The highest BCUT2D eigenvalue weighted by atomic mass is 32.2. The van der Waals surface area contributed by atoms with E-state index in [1.807, 2.05) is 53.3 Å². The van der Waals surface area contributed by atoms with E-state index in [1.165, 1.54) is 11.5 Å². The standard InChI is InChI=1S/C5H11NO.C5H10O2.C5H10O.C4H10O3S.C4H10O.C4H10S/c1-3-5(7)6-4-2;1-3-5(6)7-4-2;1-3-5(6)4-2;1-3-7-8(5,6)4-2;2*1-3-5-4-2/h3-4H2,1-2H3,(H,6,7);3-4H2,1-2H3;3-4H2,1-2H3;3-4H2,1-2H3;2*3-4H2,1-2H3. The van der Waals surface area contributed by atoms with Crippen LogP contribution in [0.5, 0.6) is 0 Å². The molecule has 0 spiro atoms. The summed E-state index contributed by atoms with van der Waals surface area (Å²) < 4.78 is 34.5. The number of carbonyl (C=O) groups is 3. The molecule has 0 saturated heterocycles. The van der Waals surface area contributed by atoms with Crippen molar-refractivity contribution in [2.24, 2.45) is 0 Å². The predicted molar refractivity (Wildman–Crippen MR) is 163 cm³/mol. The molecule has 1 N–H and O–H groups in total. The van der Waals surface area contributed by atoms with Gasteiger partial charge in [-0.3, -0.25) is 18.6 Å². The van der Waals surface area contributed by atoms with Gasteiger partial charge < -0.3 is 14.8 Å². The molecule has 0 rings (SSSR count). The summed E-state index contributed by atoms with van der Waals surface area (Å²) in [5.74, 6) is 2.92. The van der Waals surface area contributed by atoms with Crippen molar-refractivity contribution < 1.29 is 36.5 Å². The van der Waals surface area contributed by atoms with Crippen molar-refractivity contribution >= 4 is 39.5 Å². The Hall–Kier alpha value is -1.17. The summed E-state index contributed by atoms with van der Waals surface area (Å²) in [6.07, 6.45) is 2.45. The molecule has 0 heterocycles. The highest BCUT2D eigenvalue weighted by Crippen LogP contribution is 1.93. The Balaban J connectivity index is -0.0000000815. The van der Waals surface area contributed by atoms with Crippen LogP contribution in [0.3, 0.4) is 0 Å². The van der Waals surface area contributed by atoms with Gasteiger partial charge in [-0.15, -0.1) is 0 Å². The molecule has 0 unspecified atom stereocenters. The second-order valence-electron chi connectivity index (χ2n) is 6.53. The zero-order valence-electron chi connectivity index (χ0n) is 26.6. The lowest BCUT2D eigenvalue weighted by molar-refractivity contribution is -0.142. The van der Waals surface area contributed by atoms with Gasteiger partial charge in [0.15, 0.2) is 0 Å². The average molecular weight is 592 g/mol. The largest absolute Gasteiger partial charge is 0.466 e. The summed E-state index contributed by atoms with van der Waals surface area (Å²) in [5.41, 5.74) is 0. The van der Waals surface area contributed by atoms with E-state index in [0.717, 1.165) is 19.8 Å². The molecule has 0 aliphatic heterocycles. The maximum absolute atomic E-state index is 10.4. The van der Waals surface area contributed by atoms with Crippen molar-refractivity contribution in [1.29, 1.82) is 0 Å². The number of hydrogen-bond acceptors (Lipinski definition) is 9. The van der Waals surface area contributed by atoms with Crippen LogP contribution in [0.4, 0.5) is 0 Å². The van der Waals surface area contributed by atoms with E-state index >= 15 is 0 Å². The van der Waals surface area contributed by atoms with E-state index in [-0.39, 0.29) is 24.2 Å². The summed E-state index contributed by atoms with van der Waals surface area (Å²) in [6, 6.07) is 0. The third-order valence-corrected chi connectivity index (χ3v) is 5.66. The lowest BCUT2D eigenvalue weighted by Gasteiger charge is -1.95. The van der Waals surface area contributed by atoms with E-state index in [0.29, 0.717) is 38.1 Å². The van der Waals surface area contributed by atoms with Gasteiger partial charge in [-0.25, -0.2) is 0 Å². The topological polar surface area (TPSA) is 125 Å². The Morgan fingerprint density at radius 3 is 1.21 bits per heavy atom. The van der Waals surface area contributed by atoms with E-state index in [4.69, 9.17) is 4.74 Å². The van der Waals surface area contributed by atoms with E-state index < -0.39 is 10.1 Å². The molecule has 0 saturated carbocycles. The first-order valence-corrected chi connectivity index (χ1v) is 16.6. The molecule has 234 valence electrons. The molecule has 0 aromatic heterocycles. The lowest BCUT2D eigenvalue weighted by atomic mass is 10.3. The molecule has 1 amide bonds. The highest BCUT2D eigenvalue weighted by molar-refractivity contribution is 7.99. The van der Waals surface area contributed by atoms with Crippen LogP contribution in [0.25, 0.3) is 0 Å². The number of ketones is 1. The number of nitrogens with one attached hydrogen (secondary N) is 1. The van der Waals surface area contributed by atoms with Gasteiger partial charge >= 0.3 is 5.97 Å². The van der Waals surface area contributed by atoms with Crippen molar-refractivity contribution in [2.45, 2.75) is 109 Å². The van der Waals surface area contributed by atoms with Crippen LogP contribution in [0, 0.1) is 0 Å². The number of amides is 1. The fourth-order valence-corrected chi connectivity index (χ4v) is 2.44. The van der Waals surface area contributed by atoms with Crippen molar-refractivity contribution in [3.05, 3.63) is 0 Å². The van der Waals surface area contributed by atoms with Gasteiger partial charge in [-0.05, 0) is 53.0 Å². The van der Waals surface area contributed by atoms with Gasteiger partial charge in [0, 0.05) is 45.4 Å². The fourth-order valence-electron chi connectivity index (χ4n) is 1.51. The number of carbonyl (C=O) groups excluding carboxylic acids is 3. The number of esters is 1. The van der Waals surface area contributed by atoms with Crippen molar-refractivity contribution in [3.8, 4) is 0 Å². The SMILES string of the molecule is CCC(=O)CC.CCNC(=O)CC.CCOC(=O)CC.CCOCC.CCOS(=O)(=O)CC.CCSCC. The molecule has 0 aromatic carbocycles. The summed E-state index contributed by atoms with van der Waals surface area (Å²) in [4.78, 5) is 30.7. The van der Waals surface area contributed by atoms with E-state index in [2.05, 4.69) is 28.1 Å². The molecular formula is C27H61NO8S2. The molecule has 0 bridgehead atoms. The van der Waals surface area contributed by atoms with Gasteiger partial charge in [-0.2, -0.15) is 20.2 Å². The minimum Gasteiger partial charge on any atom is -0.466 e. The van der Waals surface area contributed by atoms with Gasteiger partial charge in [0.1, 0.15) is 5.78 Å². The molecule has 0 aromatic rings. The fraction of sp³-hybridized carbons (Fsp3) is 0.889. The van der Waals surface area contributed by atoms with Crippen LogP contribution in [0.2, 0.25) is 0 Å². The maximum Gasteiger partial charge on any atom is 0.305 e. The molecule has 38 heavy (non-hydrogen) atoms. The highest BCUT2D eigenvalue weighted by Gasteiger charge is 2.02. The molecule has 0 radical (unpaired) electrons. The molecule has 0 fully saturated rings. The van der Waals surface area contributed by atoms with Crippen LogP contribution < -0.4 is 5.32 Å². The first-order chi connectivity index (χ1) is 17.9. The lowest BCUT2D eigenvalue weighted by Crippen LogP contribution is -2.20. The van der Waals surface area contributed by atoms with Crippen LogP contribution in [-0.4, -0.2) is 76.3 Å². The van der Waals surface area contributed by atoms with Crippen molar-refractivity contribution in [1.82, 2.24) is 5.32 Å². The Morgan fingerprint density at radius 2 is 1.13 bits per heavy atom. The second-order valence-corrected chi connectivity index (χ2v) is 10.0. The van der Waals surface area contributed by atoms with Gasteiger partial charge in [-0.1, -0.05) is 41.5 Å². The summed E-state index contributed by atoms with van der Waals surface area (Å²) in [6.45, 7) is 25.8. The van der Waals surface area contributed by atoms with Crippen LogP contribution >= 0.6 is 11.8 Å². The molecule has 0 aliphatic carbocycles. The van der Waals surface area contributed by atoms with Crippen LogP contribution in [-0.2, 0) is 38.2 Å². The molecule has 0 aliphatic rings. The van der Waals surface area contributed by atoms with Gasteiger partial charge in [0.2, 0.25) is 5.91 Å². The van der Waals surface area contributed by atoms with Crippen LogP contribution in [0.1, 0.15) is 109 Å².